The van der Waals surface area contributed by atoms with Gasteiger partial charge in [-0.3, -0.25) is 9.69 Å². The predicted molar refractivity (Wildman–Crippen MR) is 109 cm³/mol. The van der Waals surface area contributed by atoms with Crippen LogP contribution in [0.3, 0.4) is 0 Å². The van der Waals surface area contributed by atoms with Crippen LogP contribution < -0.4 is 5.32 Å². The molecule has 5 nitrogen and oxygen atoms in total. The highest BCUT2D eigenvalue weighted by molar-refractivity contribution is 5.89. The van der Waals surface area contributed by atoms with Crippen molar-refractivity contribution >= 4 is 11.9 Å². The molecule has 8 heteroatoms. The van der Waals surface area contributed by atoms with Crippen LogP contribution in [0.2, 0.25) is 0 Å². The molecule has 1 aliphatic heterocycles. The molecule has 0 saturated carbocycles. The lowest BCUT2D eigenvalue weighted by Gasteiger charge is -2.34. The average molecular weight is 434 g/mol. The molecule has 1 atom stereocenters. The summed E-state index contributed by atoms with van der Waals surface area (Å²) in [4.78, 5) is 26.4. The number of nitrogens with one attached hydrogen (secondary N) is 1. The van der Waals surface area contributed by atoms with Crippen LogP contribution in [0.4, 0.5) is 13.2 Å². The van der Waals surface area contributed by atoms with Crippen LogP contribution in [-0.4, -0.2) is 36.0 Å². The maximum absolute atomic E-state index is 13.0. The van der Waals surface area contributed by atoms with Crippen molar-refractivity contribution in [3.8, 4) is 0 Å². The molecular weight excluding hydrogens is 409 g/mol. The first-order chi connectivity index (χ1) is 14.6. The van der Waals surface area contributed by atoms with E-state index in [1.165, 1.54) is 13.2 Å². The molecule has 2 aromatic rings. The zero-order valence-corrected chi connectivity index (χ0v) is 17.5. The second kappa shape index (κ2) is 9.09. The topological polar surface area (TPSA) is 58.6 Å². The van der Waals surface area contributed by atoms with Crippen molar-refractivity contribution in [1.29, 1.82) is 0 Å². The van der Waals surface area contributed by atoms with Crippen LogP contribution in [0.25, 0.3) is 0 Å². The van der Waals surface area contributed by atoms with Gasteiger partial charge in [0.2, 0.25) is 5.91 Å². The van der Waals surface area contributed by atoms with Gasteiger partial charge in [0.15, 0.2) is 0 Å². The third kappa shape index (κ3) is 5.25. The number of esters is 1. The number of alkyl halides is 3. The molecule has 2 aromatic carbocycles. The Morgan fingerprint density at radius 2 is 1.84 bits per heavy atom. The van der Waals surface area contributed by atoms with Gasteiger partial charge in [0.1, 0.15) is 0 Å². The number of ether oxygens (including phenoxy) is 1. The monoisotopic (exact) mass is 434 g/mol. The van der Waals surface area contributed by atoms with Crippen LogP contribution in [-0.2, 0) is 28.8 Å². The fraction of sp³-hybridized carbons (Fsp3) is 0.391. The van der Waals surface area contributed by atoms with Gasteiger partial charge in [-0.2, -0.15) is 13.2 Å². The van der Waals surface area contributed by atoms with Gasteiger partial charge in [-0.05, 0) is 55.6 Å². The van der Waals surface area contributed by atoms with Crippen LogP contribution in [0.15, 0.2) is 48.5 Å². The van der Waals surface area contributed by atoms with Crippen molar-refractivity contribution in [2.45, 2.75) is 44.6 Å². The molecule has 1 fully saturated rings. The summed E-state index contributed by atoms with van der Waals surface area (Å²) in [5, 5.41) is 2.92. The van der Waals surface area contributed by atoms with Crippen LogP contribution >= 0.6 is 0 Å². The lowest BCUT2D eigenvalue weighted by atomic mass is 9.96. The molecule has 1 heterocycles. The zero-order chi connectivity index (χ0) is 22.6. The van der Waals surface area contributed by atoms with E-state index in [9.17, 15) is 22.8 Å². The summed E-state index contributed by atoms with van der Waals surface area (Å²) in [5.74, 6) is -0.603. The summed E-state index contributed by atoms with van der Waals surface area (Å²) in [5.41, 5.74) is 0.278. The summed E-state index contributed by atoms with van der Waals surface area (Å²) in [6, 6.07) is 12.0. The van der Waals surface area contributed by atoms with E-state index in [-0.39, 0.29) is 19.0 Å². The molecule has 1 N–H and O–H groups in total. The Morgan fingerprint density at radius 3 is 2.48 bits per heavy atom. The van der Waals surface area contributed by atoms with E-state index < -0.39 is 23.2 Å². The first-order valence-electron chi connectivity index (χ1n) is 10.0. The van der Waals surface area contributed by atoms with Crippen LogP contribution in [0.5, 0.6) is 0 Å². The summed E-state index contributed by atoms with van der Waals surface area (Å²) in [7, 11) is 1.31. The van der Waals surface area contributed by atoms with Gasteiger partial charge in [-0.15, -0.1) is 0 Å². The van der Waals surface area contributed by atoms with Crippen molar-refractivity contribution in [2.24, 2.45) is 0 Å². The number of carbonyl (C=O) groups is 2. The smallest absolute Gasteiger partial charge is 0.416 e. The molecular formula is C23H25F3N2O3. The Morgan fingerprint density at radius 1 is 1.13 bits per heavy atom. The molecule has 0 bridgehead atoms. The summed E-state index contributed by atoms with van der Waals surface area (Å²) in [6.07, 6.45) is -2.99. The fourth-order valence-corrected chi connectivity index (χ4v) is 3.85. The van der Waals surface area contributed by atoms with Gasteiger partial charge in [0.25, 0.3) is 0 Å². The average Bonchev–Trinajstić information content (AvgIpc) is 3.12. The number of likely N-dealkylation sites (tertiary alicyclic amines) is 1. The lowest BCUT2D eigenvalue weighted by molar-refractivity contribution is -0.137. The highest BCUT2D eigenvalue weighted by Gasteiger charge is 2.43. The maximum Gasteiger partial charge on any atom is 0.416 e. The van der Waals surface area contributed by atoms with Crippen LogP contribution in [0.1, 0.15) is 46.8 Å². The summed E-state index contributed by atoms with van der Waals surface area (Å²) >= 11 is 0. The molecule has 1 amide bonds. The minimum atomic E-state index is -4.40. The summed E-state index contributed by atoms with van der Waals surface area (Å²) < 4.78 is 43.7. The molecule has 166 valence electrons. The quantitative estimate of drug-likeness (QED) is 0.694. The van der Waals surface area contributed by atoms with Gasteiger partial charge in [0, 0.05) is 13.1 Å². The maximum atomic E-state index is 13.0. The third-order valence-corrected chi connectivity index (χ3v) is 5.73. The number of rotatable bonds is 6. The largest absolute Gasteiger partial charge is 0.465 e. The van der Waals surface area contributed by atoms with Crippen molar-refractivity contribution in [3.63, 3.8) is 0 Å². The molecule has 0 spiro atoms. The first-order valence-corrected chi connectivity index (χ1v) is 10.0. The van der Waals surface area contributed by atoms with Gasteiger partial charge in [-0.1, -0.05) is 30.3 Å². The molecule has 0 radical (unpaired) electrons. The molecule has 0 aliphatic carbocycles. The number of benzene rings is 2. The van der Waals surface area contributed by atoms with Crippen LogP contribution in [0, 0.1) is 0 Å². The lowest BCUT2D eigenvalue weighted by Crippen LogP contribution is -2.52. The van der Waals surface area contributed by atoms with Gasteiger partial charge in [0.05, 0.1) is 23.8 Å². The highest BCUT2D eigenvalue weighted by Crippen LogP contribution is 2.33. The standard InChI is InChI=1S/C23H25F3N2O3/c1-22(21(30)27-14-16-7-9-18(10-8-16)20(29)31-2)11-4-12-28(22)15-17-5-3-6-19(13-17)23(24,25)26/h3,5-10,13H,4,11-12,14-15H2,1-2H3,(H,27,30)/t22-/m1/s1. The second-order valence-electron chi connectivity index (χ2n) is 7.87. The Labute approximate surface area is 179 Å². The van der Waals surface area contributed by atoms with E-state index in [0.29, 0.717) is 24.1 Å². The number of hydrogen-bond acceptors (Lipinski definition) is 4. The fourth-order valence-electron chi connectivity index (χ4n) is 3.85. The number of hydrogen-bond donors (Lipinski definition) is 1. The third-order valence-electron chi connectivity index (χ3n) is 5.73. The number of amides is 1. The van der Waals surface area contributed by atoms with E-state index >= 15 is 0 Å². The molecule has 0 unspecified atom stereocenters. The molecule has 1 saturated heterocycles. The number of methoxy groups -OCH3 is 1. The van der Waals surface area contributed by atoms with E-state index in [1.807, 2.05) is 11.8 Å². The van der Waals surface area contributed by atoms with E-state index in [2.05, 4.69) is 10.1 Å². The number of nitrogens with zero attached hydrogens (tertiary/aromatic N) is 1. The Balaban J connectivity index is 1.65. The number of carbonyl (C=O) groups excluding carboxylic acids is 2. The summed E-state index contributed by atoms with van der Waals surface area (Å²) in [6.45, 7) is 3.01. The van der Waals surface area contributed by atoms with E-state index in [1.54, 1.807) is 30.3 Å². The Bertz CT molecular complexity index is 944. The minimum absolute atomic E-state index is 0.172. The highest BCUT2D eigenvalue weighted by atomic mass is 19.4. The Hall–Kier alpha value is -2.87. The Kier molecular flexibility index (Phi) is 6.69. The van der Waals surface area contributed by atoms with E-state index in [0.717, 1.165) is 24.1 Å². The van der Waals surface area contributed by atoms with Crippen molar-refractivity contribution in [2.75, 3.05) is 13.7 Å². The first kappa shape index (κ1) is 22.8. The SMILES string of the molecule is COC(=O)c1ccc(CNC(=O)[C@@]2(C)CCCN2Cc2cccc(C(F)(F)F)c2)cc1. The van der Waals surface area contributed by atoms with Crippen molar-refractivity contribution in [3.05, 3.63) is 70.8 Å². The molecule has 1 aliphatic rings. The molecule has 3 rings (SSSR count). The second-order valence-corrected chi connectivity index (χ2v) is 7.87. The minimum Gasteiger partial charge on any atom is -0.465 e. The van der Waals surface area contributed by atoms with E-state index in [4.69, 9.17) is 0 Å². The van der Waals surface area contributed by atoms with Gasteiger partial charge < -0.3 is 10.1 Å². The molecule has 31 heavy (non-hydrogen) atoms. The number of halogens is 3. The van der Waals surface area contributed by atoms with Gasteiger partial charge >= 0.3 is 12.1 Å². The van der Waals surface area contributed by atoms with Crippen molar-refractivity contribution < 1.29 is 27.5 Å². The molecule has 0 aromatic heterocycles. The van der Waals surface area contributed by atoms with Crippen molar-refractivity contribution in [1.82, 2.24) is 10.2 Å². The normalized spacial score (nSPS) is 19.3. The zero-order valence-electron chi connectivity index (χ0n) is 17.5. The predicted octanol–water partition coefficient (Wildman–Crippen LogP) is 4.16. The van der Waals surface area contributed by atoms with Gasteiger partial charge in [-0.25, -0.2) is 4.79 Å².